The summed E-state index contributed by atoms with van der Waals surface area (Å²) in [6, 6.07) is 16.1. The first-order chi connectivity index (χ1) is 16.8. The Kier molecular flexibility index (Phi) is 7.69. The number of nitrogens with one attached hydrogen (secondary N) is 2. The summed E-state index contributed by atoms with van der Waals surface area (Å²) in [6.07, 6.45) is 1.79. The molecule has 1 saturated heterocycles. The minimum atomic E-state index is -3.47. The second-order valence-electron chi connectivity index (χ2n) is 9.02. The van der Waals surface area contributed by atoms with Crippen LogP contribution >= 0.6 is 0 Å². The van der Waals surface area contributed by atoms with Gasteiger partial charge in [0.05, 0.1) is 23.2 Å². The Morgan fingerprint density at radius 3 is 2.34 bits per heavy atom. The molecule has 0 saturated carbocycles. The summed E-state index contributed by atoms with van der Waals surface area (Å²) < 4.78 is 28.9. The molecule has 4 rings (SSSR count). The normalized spacial score (nSPS) is 15.3. The van der Waals surface area contributed by atoms with Gasteiger partial charge in [-0.05, 0) is 63.4 Å². The lowest BCUT2D eigenvalue weighted by molar-refractivity contribution is -0.117. The molecule has 0 radical (unpaired) electrons. The van der Waals surface area contributed by atoms with Gasteiger partial charge in [-0.15, -0.1) is 0 Å². The number of benzene rings is 2. The fourth-order valence-electron chi connectivity index (χ4n) is 4.29. The van der Waals surface area contributed by atoms with Gasteiger partial charge in [0.15, 0.2) is 0 Å². The number of carbonyl (C=O) groups is 1. The highest BCUT2D eigenvalue weighted by atomic mass is 32.2. The number of amides is 1. The number of nitrogens with zero attached hydrogens (tertiary/aromatic N) is 3. The predicted molar refractivity (Wildman–Crippen MR) is 137 cm³/mol. The molecule has 1 aliphatic heterocycles. The van der Waals surface area contributed by atoms with Gasteiger partial charge in [0.25, 0.3) is 0 Å². The molecule has 35 heavy (non-hydrogen) atoms. The third-order valence-corrected chi connectivity index (χ3v) is 8.42. The Balaban J connectivity index is 1.33. The van der Waals surface area contributed by atoms with E-state index in [1.54, 1.807) is 31.2 Å². The molecule has 186 valence electrons. The summed E-state index contributed by atoms with van der Waals surface area (Å²) in [6.45, 7) is 8.18. The number of sulfonamides is 1. The van der Waals surface area contributed by atoms with Crippen molar-refractivity contribution in [2.24, 2.45) is 0 Å². The molecular formula is C26H33N5O3S. The maximum Gasteiger partial charge on any atom is 0.243 e. The molecule has 2 heterocycles. The lowest BCUT2D eigenvalue weighted by atomic mass is 10.1. The lowest BCUT2D eigenvalue weighted by Gasteiger charge is -2.17. The number of carbonyl (C=O) groups excluding carboxylic acids is 1. The van der Waals surface area contributed by atoms with E-state index in [0.29, 0.717) is 31.9 Å². The second kappa shape index (κ2) is 10.7. The molecule has 1 amide bonds. The van der Waals surface area contributed by atoms with Gasteiger partial charge in [-0.1, -0.05) is 30.3 Å². The van der Waals surface area contributed by atoms with Crippen molar-refractivity contribution in [3.63, 3.8) is 0 Å². The molecule has 0 aliphatic carbocycles. The van der Waals surface area contributed by atoms with E-state index < -0.39 is 16.1 Å². The number of hydrogen-bond acceptors (Lipinski definition) is 5. The number of aromatic nitrogens is 2. The van der Waals surface area contributed by atoms with Gasteiger partial charge in [0, 0.05) is 36.6 Å². The molecule has 1 atom stereocenters. The molecule has 2 N–H and O–H groups in total. The molecule has 8 nitrogen and oxygen atoms in total. The lowest BCUT2D eigenvalue weighted by Crippen LogP contribution is -2.37. The van der Waals surface area contributed by atoms with Crippen molar-refractivity contribution >= 4 is 21.6 Å². The summed E-state index contributed by atoms with van der Waals surface area (Å²) >= 11 is 0. The van der Waals surface area contributed by atoms with Gasteiger partial charge >= 0.3 is 0 Å². The molecule has 3 aromatic rings. The van der Waals surface area contributed by atoms with E-state index in [1.165, 1.54) is 9.87 Å². The van der Waals surface area contributed by atoms with Crippen molar-refractivity contribution in [3.8, 4) is 0 Å². The molecule has 0 unspecified atom stereocenters. The van der Waals surface area contributed by atoms with Crippen molar-refractivity contribution in [1.29, 1.82) is 0 Å². The average molecular weight is 496 g/mol. The summed E-state index contributed by atoms with van der Waals surface area (Å²) in [7, 11) is -3.47. The third-order valence-electron chi connectivity index (χ3n) is 6.51. The van der Waals surface area contributed by atoms with Crippen LogP contribution in [0, 0.1) is 13.8 Å². The van der Waals surface area contributed by atoms with Crippen LogP contribution in [-0.4, -0.2) is 47.5 Å². The van der Waals surface area contributed by atoms with Crippen molar-refractivity contribution in [3.05, 3.63) is 77.1 Å². The fraction of sp³-hybridized carbons (Fsp3) is 0.385. The van der Waals surface area contributed by atoms with Crippen LogP contribution in [0.3, 0.4) is 0 Å². The molecule has 9 heteroatoms. The predicted octanol–water partition coefficient (Wildman–Crippen LogP) is 3.45. The highest BCUT2D eigenvalue weighted by Gasteiger charge is 2.27. The van der Waals surface area contributed by atoms with Crippen molar-refractivity contribution in [1.82, 2.24) is 19.4 Å². The zero-order chi connectivity index (χ0) is 25.0. The molecule has 2 aromatic carbocycles. The monoisotopic (exact) mass is 495 g/mol. The summed E-state index contributed by atoms with van der Waals surface area (Å²) in [4.78, 5) is 13.0. The third kappa shape index (κ3) is 5.80. The van der Waals surface area contributed by atoms with Crippen molar-refractivity contribution < 1.29 is 13.2 Å². The number of rotatable bonds is 9. The quantitative estimate of drug-likeness (QED) is 0.474. The first-order valence-electron chi connectivity index (χ1n) is 12.0. The zero-order valence-corrected chi connectivity index (χ0v) is 21.3. The highest BCUT2D eigenvalue weighted by molar-refractivity contribution is 7.89. The van der Waals surface area contributed by atoms with Gasteiger partial charge in [-0.3, -0.25) is 9.48 Å². The molecule has 1 aromatic heterocycles. The Bertz CT molecular complexity index is 1260. The SMILES string of the molecule is Cc1nn(Cc2ccccc2)c(C)c1CN[C@H](C)C(=O)Nc1ccc(S(=O)(=O)N2CCCC2)cc1. The number of hydrogen-bond donors (Lipinski definition) is 2. The highest BCUT2D eigenvalue weighted by Crippen LogP contribution is 2.22. The van der Waals surface area contributed by atoms with Crippen LogP contribution in [0.2, 0.25) is 0 Å². The Morgan fingerprint density at radius 2 is 1.69 bits per heavy atom. The number of anilines is 1. The van der Waals surface area contributed by atoms with E-state index in [9.17, 15) is 13.2 Å². The van der Waals surface area contributed by atoms with Gasteiger partial charge in [0.1, 0.15) is 0 Å². The van der Waals surface area contributed by atoms with Gasteiger partial charge < -0.3 is 10.6 Å². The van der Waals surface area contributed by atoms with Crippen LogP contribution in [0.5, 0.6) is 0 Å². The smallest absolute Gasteiger partial charge is 0.243 e. The summed E-state index contributed by atoms with van der Waals surface area (Å²) in [5.74, 6) is -0.188. The van der Waals surface area contributed by atoms with E-state index in [-0.39, 0.29) is 10.8 Å². The largest absolute Gasteiger partial charge is 0.325 e. The van der Waals surface area contributed by atoms with Crippen molar-refractivity contribution in [2.75, 3.05) is 18.4 Å². The second-order valence-corrected chi connectivity index (χ2v) is 11.0. The molecule has 1 aliphatic rings. The topological polar surface area (TPSA) is 96.3 Å². The Labute approximate surface area is 207 Å². The molecular weight excluding hydrogens is 462 g/mol. The molecule has 1 fully saturated rings. The van der Waals surface area contributed by atoms with Crippen LogP contribution in [0.15, 0.2) is 59.5 Å². The first-order valence-corrected chi connectivity index (χ1v) is 13.4. The fourth-order valence-corrected chi connectivity index (χ4v) is 5.80. The summed E-state index contributed by atoms with van der Waals surface area (Å²) in [5.41, 5.74) is 4.84. The minimum Gasteiger partial charge on any atom is -0.325 e. The van der Waals surface area contributed by atoms with Crippen LogP contribution in [0.4, 0.5) is 5.69 Å². The maximum absolute atomic E-state index is 12.7. The summed E-state index contributed by atoms with van der Waals surface area (Å²) in [5, 5.41) is 10.8. The van der Waals surface area contributed by atoms with Crippen LogP contribution in [0.25, 0.3) is 0 Å². The Morgan fingerprint density at radius 1 is 1.03 bits per heavy atom. The van der Waals surface area contributed by atoms with Crippen LogP contribution in [0.1, 0.15) is 42.3 Å². The van der Waals surface area contributed by atoms with Crippen LogP contribution < -0.4 is 10.6 Å². The van der Waals surface area contributed by atoms with Crippen molar-refractivity contribution in [2.45, 2.75) is 57.6 Å². The molecule has 0 spiro atoms. The minimum absolute atomic E-state index is 0.188. The Hall–Kier alpha value is -3.01. The number of aryl methyl sites for hydroxylation is 1. The van der Waals surface area contributed by atoms with E-state index in [4.69, 9.17) is 0 Å². The maximum atomic E-state index is 12.7. The van der Waals surface area contributed by atoms with E-state index in [1.807, 2.05) is 36.7 Å². The standard InChI is InChI=1S/C26H33N5O3S/c1-19-25(21(3)31(29-19)18-22-9-5-4-6-10-22)17-27-20(2)26(32)28-23-11-13-24(14-12-23)35(33,34)30-15-7-8-16-30/h4-6,9-14,20,27H,7-8,15-18H2,1-3H3,(H,28,32)/t20-/m1/s1. The average Bonchev–Trinajstić information content (AvgIpc) is 3.48. The van der Waals surface area contributed by atoms with E-state index >= 15 is 0 Å². The van der Waals surface area contributed by atoms with E-state index in [2.05, 4.69) is 27.9 Å². The van der Waals surface area contributed by atoms with E-state index in [0.717, 1.165) is 29.8 Å². The zero-order valence-electron chi connectivity index (χ0n) is 20.5. The first kappa shape index (κ1) is 25.1. The molecule has 0 bridgehead atoms. The van der Waals surface area contributed by atoms with Gasteiger partial charge in [0.2, 0.25) is 15.9 Å². The van der Waals surface area contributed by atoms with Gasteiger partial charge in [-0.2, -0.15) is 9.40 Å². The van der Waals surface area contributed by atoms with Crippen LogP contribution in [-0.2, 0) is 27.9 Å². The van der Waals surface area contributed by atoms with Gasteiger partial charge in [-0.25, -0.2) is 8.42 Å².